The number of rotatable bonds is 1. The fraction of sp³-hybridized carbons (Fsp3) is 0.286. The van der Waals surface area contributed by atoms with Gasteiger partial charge in [0.1, 0.15) is 0 Å². The molecule has 1 rings (SSSR count). The molecule has 0 N–H and O–H groups in total. The first kappa shape index (κ1) is 7.83. The van der Waals surface area contributed by atoms with E-state index >= 15 is 0 Å². The molecule has 1 nitrogen and oxygen atoms in total. The van der Waals surface area contributed by atoms with Crippen molar-refractivity contribution < 1.29 is 0 Å². The van der Waals surface area contributed by atoms with E-state index in [0.717, 1.165) is 11.3 Å². The molecular formula is C7H7Cl2N. The van der Waals surface area contributed by atoms with Gasteiger partial charge in [-0.2, -0.15) is 0 Å². The zero-order valence-corrected chi connectivity index (χ0v) is 7.08. The Kier molecular flexibility index (Phi) is 2.52. The second kappa shape index (κ2) is 3.22. The highest BCUT2D eigenvalue weighted by Crippen LogP contribution is 2.16. The first-order valence-electron chi connectivity index (χ1n) is 2.91. The van der Waals surface area contributed by atoms with Gasteiger partial charge in [0.2, 0.25) is 0 Å². The Balaban J connectivity index is 3.09. The number of aryl methyl sites for hydroxylation is 1. The molecule has 1 aromatic rings. The molecule has 0 unspecified atom stereocenters. The van der Waals surface area contributed by atoms with Gasteiger partial charge in [-0.05, 0) is 18.6 Å². The third-order valence-electron chi connectivity index (χ3n) is 1.22. The number of hydrogen-bond donors (Lipinski definition) is 0. The largest absolute Gasteiger partial charge is 0.260 e. The highest BCUT2D eigenvalue weighted by molar-refractivity contribution is 6.32. The van der Waals surface area contributed by atoms with Gasteiger partial charge >= 0.3 is 0 Å². The number of pyridine rings is 1. The second-order valence-electron chi connectivity index (χ2n) is 2.05. The van der Waals surface area contributed by atoms with Gasteiger partial charge in [0.25, 0.3) is 0 Å². The molecule has 0 fully saturated rings. The van der Waals surface area contributed by atoms with Crippen LogP contribution in [0.3, 0.4) is 0 Å². The molecule has 0 aromatic carbocycles. The predicted octanol–water partition coefficient (Wildman–Crippen LogP) is 2.78. The maximum Gasteiger partial charge on any atom is 0.0633 e. The fourth-order valence-electron chi connectivity index (χ4n) is 0.702. The lowest BCUT2D eigenvalue weighted by Crippen LogP contribution is -1.85. The number of alkyl halides is 1. The summed E-state index contributed by atoms with van der Waals surface area (Å²) < 4.78 is 0. The minimum atomic E-state index is 0.447. The molecule has 0 aliphatic carbocycles. The fourth-order valence-corrected chi connectivity index (χ4v) is 1.16. The van der Waals surface area contributed by atoms with Crippen molar-refractivity contribution >= 4 is 23.2 Å². The molecule has 0 aliphatic rings. The van der Waals surface area contributed by atoms with E-state index in [0.29, 0.717) is 10.9 Å². The first-order chi connectivity index (χ1) is 4.74. The van der Waals surface area contributed by atoms with Crippen LogP contribution < -0.4 is 0 Å². The van der Waals surface area contributed by atoms with E-state index in [-0.39, 0.29) is 0 Å². The van der Waals surface area contributed by atoms with Crippen molar-refractivity contribution in [2.75, 3.05) is 0 Å². The van der Waals surface area contributed by atoms with Gasteiger partial charge < -0.3 is 0 Å². The van der Waals surface area contributed by atoms with Gasteiger partial charge in [-0.25, -0.2) is 0 Å². The smallest absolute Gasteiger partial charge is 0.0633 e. The second-order valence-corrected chi connectivity index (χ2v) is 2.73. The van der Waals surface area contributed by atoms with Gasteiger partial charge in [-0.3, -0.25) is 4.98 Å². The summed E-state index contributed by atoms with van der Waals surface area (Å²) in [5, 5.41) is 0.639. The first-order valence-corrected chi connectivity index (χ1v) is 3.82. The minimum absolute atomic E-state index is 0.447. The zero-order chi connectivity index (χ0) is 7.56. The Bertz CT molecular complexity index is 235. The van der Waals surface area contributed by atoms with E-state index in [1.165, 1.54) is 0 Å². The molecule has 0 aliphatic heterocycles. The molecule has 3 heteroatoms. The van der Waals surface area contributed by atoms with Crippen LogP contribution in [0.5, 0.6) is 0 Å². The molecule has 54 valence electrons. The van der Waals surface area contributed by atoms with Crippen molar-refractivity contribution in [3.05, 3.63) is 28.5 Å². The molecule has 0 amide bonds. The third-order valence-corrected chi connectivity index (χ3v) is 1.84. The Morgan fingerprint density at radius 3 is 2.80 bits per heavy atom. The number of nitrogens with zero attached hydrogens (tertiary/aromatic N) is 1. The normalized spacial score (nSPS) is 9.90. The molecule has 1 aromatic heterocycles. The molecule has 0 saturated carbocycles. The monoisotopic (exact) mass is 175 g/mol. The number of hydrogen-bond acceptors (Lipinski definition) is 1. The number of aromatic nitrogens is 1. The van der Waals surface area contributed by atoms with Crippen molar-refractivity contribution in [2.45, 2.75) is 12.8 Å². The van der Waals surface area contributed by atoms with Crippen molar-refractivity contribution in [3.8, 4) is 0 Å². The summed E-state index contributed by atoms with van der Waals surface area (Å²) in [6, 6.07) is 1.88. The zero-order valence-electron chi connectivity index (χ0n) is 5.56. The van der Waals surface area contributed by atoms with Crippen molar-refractivity contribution in [1.82, 2.24) is 4.98 Å². The lowest BCUT2D eigenvalue weighted by Gasteiger charge is -1.98. The average molecular weight is 176 g/mol. The van der Waals surface area contributed by atoms with Crippen molar-refractivity contribution in [1.29, 1.82) is 0 Å². The Hall–Kier alpha value is -0.270. The van der Waals surface area contributed by atoms with Crippen LogP contribution in [0.2, 0.25) is 5.02 Å². The molecule has 0 bridgehead atoms. The van der Waals surface area contributed by atoms with Crippen LogP contribution in [0.1, 0.15) is 11.3 Å². The summed E-state index contributed by atoms with van der Waals surface area (Å²) in [6.07, 6.45) is 1.62. The van der Waals surface area contributed by atoms with E-state index in [4.69, 9.17) is 23.2 Å². The van der Waals surface area contributed by atoms with Crippen LogP contribution in [0, 0.1) is 6.92 Å². The summed E-state index contributed by atoms with van der Waals surface area (Å²) in [4.78, 5) is 4.00. The van der Waals surface area contributed by atoms with E-state index in [9.17, 15) is 0 Å². The minimum Gasteiger partial charge on any atom is -0.260 e. The van der Waals surface area contributed by atoms with Crippen LogP contribution in [-0.2, 0) is 5.88 Å². The average Bonchev–Trinajstić information content (AvgIpc) is 1.94. The Labute approximate surface area is 70.0 Å². The summed E-state index contributed by atoms with van der Waals surface area (Å²) in [7, 11) is 0. The van der Waals surface area contributed by atoms with E-state index in [2.05, 4.69) is 4.98 Å². The van der Waals surface area contributed by atoms with Gasteiger partial charge in [-0.1, -0.05) is 11.6 Å². The van der Waals surface area contributed by atoms with Crippen LogP contribution in [0.15, 0.2) is 12.3 Å². The quantitative estimate of drug-likeness (QED) is 0.599. The number of halogens is 2. The summed E-state index contributed by atoms with van der Waals surface area (Å²) >= 11 is 11.3. The SMILES string of the molecule is Cc1cc(CCl)c(Cl)cn1. The van der Waals surface area contributed by atoms with Crippen LogP contribution in [0.4, 0.5) is 0 Å². The maximum absolute atomic E-state index is 5.75. The Morgan fingerprint density at radius 2 is 2.30 bits per heavy atom. The lowest BCUT2D eigenvalue weighted by molar-refractivity contribution is 1.17. The summed E-state index contributed by atoms with van der Waals surface area (Å²) in [6.45, 7) is 1.91. The van der Waals surface area contributed by atoms with E-state index in [1.807, 2.05) is 13.0 Å². The van der Waals surface area contributed by atoms with Crippen LogP contribution >= 0.6 is 23.2 Å². The topological polar surface area (TPSA) is 12.9 Å². The van der Waals surface area contributed by atoms with Gasteiger partial charge in [-0.15, -0.1) is 11.6 Å². The van der Waals surface area contributed by atoms with Crippen LogP contribution in [-0.4, -0.2) is 4.98 Å². The molecular weight excluding hydrogens is 169 g/mol. The standard InChI is InChI=1S/C7H7Cl2N/c1-5-2-6(3-8)7(9)4-10-5/h2,4H,3H2,1H3. The molecule has 1 heterocycles. The van der Waals surface area contributed by atoms with E-state index in [1.54, 1.807) is 6.20 Å². The molecule has 10 heavy (non-hydrogen) atoms. The van der Waals surface area contributed by atoms with Gasteiger partial charge in [0.05, 0.1) is 5.02 Å². The molecule has 0 spiro atoms. The molecule has 0 saturated heterocycles. The van der Waals surface area contributed by atoms with Crippen molar-refractivity contribution in [3.63, 3.8) is 0 Å². The maximum atomic E-state index is 5.75. The van der Waals surface area contributed by atoms with E-state index < -0.39 is 0 Å². The highest BCUT2D eigenvalue weighted by Gasteiger charge is 1.97. The highest BCUT2D eigenvalue weighted by atomic mass is 35.5. The molecule has 0 atom stereocenters. The van der Waals surface area contributed by atoms with Gasteiger partial charge in [0, 0.05) is 17.8 Å². The molecule has 0 radical (unpaired) electrons. The Morgan fingerprint density at radius 1 is 1.60 bits per heavy atom. The lowest BCUT2D eigenvalue weighted by atomic mass is 10.2. The summed E-state index contributed by atoms with van der Waals surface area (Å²) in [5.74, 6) is 0.447. The van der Waals surface area contributed by atoms with Crippen molar-refractivity contribution in [2.24, 2.45) is 0 Å². The third kappa shape index (κ3) is 1.61. The summed E-state index contributed by atoms with van der Waals surface area (Å²) in [5.41, 5.74) is 1.89. The van der Waals surface area contributed by atoms with Gasteiger partial charge in [0.15, 0.2) is 0 Å². The predicted molar refractivity (Wildman–Crippen MR) is 43.5 cm³/mol. The van der Waals surface area contributed by atoms with Crippen LogP contribution in [0.25, 0.3) is 0 Å².